The first-order valence-electron chi connectivity index (χ1n) is 15.0. The molecule has 1 fully saturated rings. The van der Waals surface area contributed by atoms with E-state index in [2.05, 4.69) is 31.2 Å². The number of fused-ring (bicyclic) bond motifs is 2. The van der Waals surface area contributed by atoms with Crippen LogP contribution in [0.2, 0.25) is 0 Å². The van der Waals surface area contributed by atoms with Gasteiger partial charge in [0.05, 0.1) is 30.4 Å². The number of aryl methyl sites for hydroxylation is 1. The zero-order valence-corrected chi connectivity index (χ0v) is 24.9. The van der Waals surface area contributed by atoms with E-state index in [1.54, 1.807) is 41.5 Å². The molecule has 2 aliphatic rings. The molecule has 236 valence electrons. The van der Waals surface area contributed by atoms with Crippen molar-refractivity contribution in [1.82, 2.24) is 35.5 Å². The number of amides is 5. The van der Waals surface area contributed by atoms with Crippen LogP contribution in [0, 0.1) is 0 Å². The van der Waals surface area contributed by atoms with E-state index in [9.17, 15) is 24.0 Å². The molecule has 2 atom stereocenters. The smallest absolute Gasteiger partial charge is 0.264 e. The molecule has 2 unspecified atom stereocenters. The van der Waals surface area contributed by atoms with Crippen LogP contribution in [0.25, 0.3) is 11.0 Å². The molecule has 2 aliphatic heterocycles. The van der Waals surface area contributed by atoms with Crippen LogP contribution < -0.4 is 16.0 Å². The first kappa shape index (κ1) is 29.5. The SMILES string of the molecule is O=C1CCC(N2C(=O)c3cccc(NCc4cn(CCC(=O)NC(c5cccnc5)c5cc6ccccc6o5)nn4)c3C2=O)C(=O)N1. The van der Waals surface area contributed by atoms with Crippen LogP contribution in [0.5, 0.6) is 0 Å². The van der Waals surface area contributed by atoms with Gasteiger partial charge >= 0.3 is 0 Å². The van der Waals surface area contributed by atoms with E-state index < -0.39 is 35.7 Å². The zero-order valence-electron chi connectivity index (χ0n) is 24.9. The van der Waals surface area contributed by atoms with E-state index in [1.165, 1.54) is 6.07 Å². The fourth-order valence-electron chi connectivity index (χ4n) is 5.84. The van der Waals surface area contributed by atoms with E-state index in [1.807, 2.05) is 36.4 Å². The van der Waals surface area contributed by atoms with Gasteiger partial charge in [-0.3, -0.25) is 43.9 Å². The fourth-order valence-corrected chi connectivity index (χ4v) is 5.84. The summed E-state index contributed by atoms with van der Waals surface area (Å²) in [5.74, 6) is -1.93. The van der Waals surface area contributed by atoms with Crippen molar-refractivity contribution in [3.8, 4) is 0 Å². The number of nitrogens with zero attached hydrogens (tertiary/aromatic N) is 5. The van der Waals surface area contributed by atoms with Crippen molar-refractivity contribution in [3.05, 3.63) is 107 Å². The Hall–Kier alpha value is -6.18. The number of nitrogens with one attached hydrogen (secondary N) is 3. The van der Waals surface area contributed by atoms with Crippen molar-refractivity contribution in [3.63, 3.8) is 0 Å². The Morgan fingerprint density at radius 1 is 1.04 bits per heavy atom. The number of benzene rings is 2. The van der Waals surface area contributed by atoms with Gasteiger partial charge in [0.15, 0.2) is 0 Å². The summed E-state index contributed by atoms with van der Waals surface area (Å²) in [6, 6.07) is 16.4. The van der Waals surface area contributed by atoms with Crippen LogP contribution in [-0.4, -0.2) is 60.5 Å². The molecular formula is C33H28N8O6. The quantitative estimate of drug-likeness (QED) is 0.194. The van der Waals surface area contributed by atoms with Gasteiger partial charge in [-0.15, -0.1) is 5.10 Å². The molecule has 0 bridgehead atoms. The van der Waals surface area contributed by atoms with Gasteiger partial charge in [-0.2, -0.15) is 0 Å². The number of piperidine rings is 1. The Balaban J connectivity index is 0.985. The second-order valence-corrected chi connectivity index (χ2v) is 11.2. The Morgan fingerprint density at radius 2 is 1.91 bits per heavy atom. The highest BCUT2D eigenvalue weighted by Crippen LogP contribution is 2.33. The lowest BCUT2D eigenvalue weighted by Crippen LogP contribution is -2.54. The summed E-state index contributed by atoms with van der Waals surface area (Å²) in [7, 11) is 0. The molecule has 3 aromatic heterocycles. The highest BCUT2D eigenvalue weighted by molar-refractivity contribution is 6.25. The highest BCUT2D eigenvalue weighted by Gasteiger charge is 2.45. The number of pyridine rings is 1. The molecule has 14 nitrogen and oxygen atoms in total. The topological polar surface area (TPSA) is 181 Å². The molecule has 5 heterocycles. The molecular weight excluding hydrogens is 604 g/mol. The average Bonchev–Trinajstić information content (AvgIpc) is 3.79. The van der Waals surface area contributed by atoms with Crippen molar-refractivity contribution in [1.29, 1.82) is 0 Å². The number of imide groups is 2. The van der Waals surface area contributed by atoms with E-state index in [-0.39, 0.29) is 49.4 Å². The third-order valence-electron chi connectivity index (χ3n) is 8.13. The highest BCUT2D eigenvalue weighted by atomic mass is 16.3. The maximum absolute atomic E-state index is 13.3. The predicted molar refractivity (Wildman–Crippen MR) is 166 cm³/mol. The Labute approximate surface area is 267 Å². The molecule has 0 saturated carbocycles. The second kappa shape index (κ2) is 12.3. The number of para-hydroxylation sites is 1. The van der Waals surface area contributed by atoms with Gasteiger partial charge in [-0.25, -0.2) is 0 Å². The minimum absolute atomic E-state index is 0.0403. The summed E-state index contributed by atoms with van der Waals surface area (Å²) in [4.78, 5) is 68.6. The first-order valence-corrected chi connectivity index (χ1v) is 15.0. The predicted octanol–water partition coefficient (Wildman–Crippen LogP) is 2.73. The van der Waals surface area contributed by atoms with Gasteiger partial charge in [0, 0.05) is 41.9 Å². The second-order valence-electron chi connectivity index (χ2n) is 11.2. The number of carbonyl (C=O) groups is 5. The summed E-state index contributed by atoms with van der Waals surface area (Å²) in [5, 5.41) is 17.6. The van der Waals surface area contributed by atoms with Gasteiger partial charge in [-0.1, -0.05) is 35.5 Å². The van der Waals surface area contributed by atoms with E-state index in [4.69, 9.17) is 4.42 Å². The van der Waals surface area contributed by atoms with E-state index in [0.29, 0.717) is 17.1 Å². The van der Waals surface area contributed by atoms with Crippen LogP contribution in [0.3, 0.4) is 0 Å². The Morgan fingerprint density at radius 3 is 2.72 bits per heavy atom. The number of anilines is 1. The van der Waals surface area contributed by atoms with Gasteiger partial charge < -0.3 is 15.1 Å². The molecule has 0 spiro atoms. The minimum atomic E-state index is -1.05. The largest absolute Gasteiger partial charge is 0.459 e. The standard InChI is InChI=1S/C33H28N8O6/c42-27-11-10-24(31(44)37-27)41-32(45)22-7-3-8-23(29(22)33(41)46)35-17-21-18-40(39-38-21)14-12-28(43)36-30(20-6-4-13-34-16-20)26-15-19-5-1-2-9-25(19)47-26/h1-9,13,15-16,18,24,30,35H,10-12,14,17H2,(H,36,43)(H,37,42,44). The number of furan rings is 1. The number of hydrogen-bond donors (Lipinski definition) is 3. The van der Waals surface area contributed by atoms with E-state index in [0.717, 1.165) is 21.4 Å². The van der Waals surface area contributed by atoms with Crippen molar-refractivity contribution >= 4 is 46.2 Å². The lowest BCUT2D eigenvalue weighted by atomic mass is 10.0. The maximum atomic E-state index is 13.3. The molecule has 5 aromatic rings. The van der Waals surface area contributed by atoms with Crippen LogP contribution in [-0.2, 0) is 27.5 Å². The average molecular weight is 633 g/mol. The normalized spacial score (nSPS) is 16.7. The number of aromatic nitrogens is 4. The number of rotatable bonds is 10. The monoisotopic (exact) mass is 632 g/mol. The lowest BCUT2D eigenvalue weighted by Gasteiger charge is -2.27. The van der Waals surface area contributed by atoms with Crippen molar-refractivity contribution in [2.24, 2.45) is 0 Å². The number of carbonyl (C=O) groups excluding carboxylic acids is 5. The first-order chi connectivity index (χ1) is 22.9. The van der Waals surface area contributed by atoms with Crippen molar-refractivity contribution in [2.45, 2.75) is 44.4 Å². The summed E-state index contributed by atoms with van der Waals surface area (Å²) in [6.07, 6.45) is 5.27. The summed E-state index contributed by atoms with van der Waals surface area (Å²) in [6.45, 7) is 0.436. The maximum Gasteiger partial charge on any atom is 0.264 e. The third kappa shape index (κ3) is 5.83. The molecule has 5 amide bonds. The molecule has 2 aromatic carbocycles. The Bertz CT molecular complexity index is 2000. The molecule has 7 rings (SSSR count). The molecule has 14 heteroatoms. The van der Waals surface area contributed by atoms with Crippen LogP contribution in [0.15, 0.2) is 83.7 Å². The van der Waals surface area contributed by atoms with Crippen LogP contribution >= 0.6 is 0 Å². The zero-order chi connectivity index (χ0) is 32.5. The van der Waals surface area contributed by atoms with Crippen LogP contribution in [0.1, 0.15) is 63.0 Å². The summed E-state index contributed by atoms with van der Waals surface area (Å²) in [5.41, 5.74) is 2.76. The molecule has 3 N–H and O–H groups in total. The molecule has 1 saturated heterocycles. The van der Waals surface area contributed by atoms with Crippen molar-refractivity contribution < 1.29 is 28.4 Å². The third-order valence-corrected chi connectivity index (χ3v) is 8.13. The van der Waals surface area contributed by atoms with Gasteiger partial charge in [0.25, 0.3) is 11.8 Å². The minimum Gasteiger partial charge on any atom is -0.459 e. The molecule has 0 aliphatic carbocycles. The molecule has 0 radical (unpaired) electrons. The fraction of sp³-hybridized carbons (Fsp3) is 0.212. The Kier molecular flexibility index (Phi) is 7.73. The van der Waals surface area contributed by atoms with Crippen LogP contribution in [0.4, 0.5) is 5.69 Å². The van der Waals surface area contributed by atoms with E-state index >= 15 is 0 Å². The van der Waals surface area contributed by atoms with Gasteiger partial charge in [-0.05, 0) is 36.8 Å². The molecule has 47 heavy (non-hydrogen) atoms. The summed E-state index contributed by atoms with van der Waals surface area (Å²) >= 11 is 0. The lowest BCUT2D eigenvalue weighted by molar-refractivity contribution is -0.136. The summed E-state index contributed by atoms with van der Waals surface area (Å²) < 4.78 is 7.60. The number of hydrogen-bond acceptors (Lipinski definition) is 10. The van der Waals surface area contributed by atoms with Gasteiger partial charge in [0.2, 0.25) is 17.7 Å². The van der Waals surface area contributed by atoms with Crippen molar-refractivity contribution in [2.75, 3.05) is 5.32 Å². The van der Waals surface area contributed by atoms with Gasteiger partial charge in [0.1, 0.15) is 29.1 Å².